The number of para-hydroxylation sites is 1. The average molecular weight is 1330 g/mol. The second-order valence-corrected chi connectivity index (χ2v) is 24.8. The summed E-state index contributed by atoms with van der Waals surface area (Å²) in [6.07, 6.45) is 0.294. The first-order chi connectivity index (χ1) is 45.7. The molecule has 1 aromatic heterocycles. The van der Waals surface area contributed by atoms with Gasteiger partial charge >= 0.3 is 11.9 Å². The van der Waals surface area contributed by atoms with E-state index < -0.39 is 144 Å². The third-order valence-corrected chi connectivity index (χ3v) is 16.4. The number of nitrogens with one attached hydrogen (secondary N) is 9. The summed E-state index contributed by atoms with van der Waals surface area (Å²) in [5.74, 6) is -12.7. The molecule has 96 heavy (non-hydrogen) atoms. The van der Waals surface area contributed by atoms with E-state index in [1.54, 1.807) is 117 Å². The molecule has 0 spiro atoms. The highest BCUT2D eigenvalue weighted by molar-refractivity contribution is 6.00. The highest BCUT2D eigenvalue weighted by Gasteiger charge is 2.41. The lowest BCUT2D eigenvalue weighted by atomic mass is 9.96. The van der Waals surface area contributed by atoms with Gasteiger partial charge in [-0.15, -0.1) is 0 Å². The van der Waals surface area contributed by atoms with Crippen LogP contribution in [0, 0.1) is 11.8 Å². The number of phenols is 1. The molecule has 1 aliphatic rings. The van der Waals surface area contributed by atoms with Crippen LogP contribution < -0.4 is 59.7 Å². The third-order valence-electron chi connectivity index (χ3n) is 16.4. The van der Waals surface area contributed by atoms with Crippen molar-refractivity contribution in [3.63, 3.8) is 0 Å². The molecule has 18 N–H and O–H groups in total. The number of piperidine rings is 1. The summed E-state index contributed by atoms with van der Waals surface area (Å²) in [5, 5.41) is 51.6. The Bertz CT molecular complexity index is 3510. The van der Waals surface area contributed by atoms with Gasteiger partial charge in [-0.2, -0.15) is 0 Å². The molecule has 0 unspecified atom stereocenters. The molecule has 1 aliphatic heterocycles. The van der Waals surface area contributed by atoms with Gasteiger partial charge in [0.1, 0.15) is 60.1 Å². The van der Waals surface area contributed by atoms with E-state index in [4.69, 9.17) is 17.2 Å². The number of primary amides is 1. The Labute approximate surface area is 555 Å². The number of nitrogens with zero attached hydrogens (tertiary/aromatic N) is 1. The molecule has 0 radical (unpaired) electrons. The van der Waals surface area contributed by atoms with Crippen molar-refractivity contribution in [1.29, 1.82) is 0 Å². The van der Waals surface area contributed by atoms with Gasteiger partial charge in [-0.1, -0.05) is 119 Å². The van der Waals surface area contributed by atoms with Gasteiger partial charge in [-0.05, 0) is 97.4 Å². The van der Waals surface area contributed by atoms with Crippen LogP contribution in [0.25, 0.3) is 10.9 Å². The molecule has 28 nitrogen and oxygen atoms in total. The van der Waals surface area contributed by atoms with Crippen LogP contribution in [0.3, 0.4) is 0 Å². The van der Waals surface area contributed by atoms with Crippen molar-refractivity contribution in [3.8, 4) is 5.75 Å². The molecule has 1 fully saturated rings. The number of carboxylic acids is 2. The predicted octanol–water partition coefficient (Wildman–Crippen LogP) is 0.607. The normalized spacial score (nSPS) is 15.8. The van der Waals surface area contributed by atoms with E-state index in [2.05, 4.69) is 47.5 Å². The van der Waals surface area contributed by atoms with Crippen LogP contribution in [0.2, 0.25) is 0 Å². The lowest BCUT2D eigenvalue weighted by Crippen LogP contribution is -2.62. The van der Waals surface area contributed by atoms with E-state index in [9.17, 15) is 68.1 Å². The van der Waals surface area contributed by atoms with Crippen LogP contribution in [-0.2, 0) is 83.2 Å². The van der Waals surface area contributed by atoms with E-state index in [1.165, 1.54) is 17.0 Å². The van der Waals surface area contributed by atoms with Crippen LogP contribution in [0.1, 0.15) is 101 Å². The first-order valence-electron chi connectivity index (χ1n) is 32.0. The Kier molecular flexibility index (Phi) is 28.4. The Balaban J connectivity index is 1.25. The summed E-state index contributed by atoms with van der Waals surface area (Å²) >= 11 is 0. The fraction of sp³-hybridized carbons (Fsp3) is 0.441. The number of aromatic hydroxyl groups is 1. The number of fused-ring (bicyclic) bond motifs is 1. The largest absolute Gasteiger partial charge is 0.508 e. The number of aromatic nitrogens is 1. The zero-order valence-electron chi connectivity index (χ0n) is 54.2. The lowest BCUT2D eigenvalue weighted by molar-refractivity contribution is -0.146. The number of aliphatic carboxylic acids is 2. The quantitative estimate of drug-likeness (QED) is 0.0261. The summed E-state index contributed by atoms with van der Waals surface area (Å²) in [7, 11) is 0. The number of carboxylic acid groups (broad SMARTS) is 2. The number of aromatic amines is 1. The summed E-state index contributed by atoms with van der Waals surface area (Å²) < 4.78 is 0. The van der Waals surface area contributed by atoms with Crippen molar-refractivity contribution in [2.24, 2.45) is 29.0 Å². The van der Waals surface area contributed by atoms with Crippen molar-refractivity contribution in [2.75, 3.05) is 13.1 Å². The standard InChI is InChI=1S/C68H89N13O15/c1-38(2)30-48(74-59(86)47(22-15-28-69)73-66(93)58(71)39(3)4)60(87)79-53(33-42-24-26-44(82)27-25-42)67(94)81-29-14-13-23-55(81)65(92)78-50(32-41-18-9-6-10-19-41)62(89)75-49(31-40-16-7-5-8-17-40)61(88)76-51(35-56(70)83)63(90)77-52(36-57(84)85)64(91)80-54(68(95)96)34-43-37-72-46-21-12-11-20-45(43)46/h5-12,16-21,24-27,37-39,47-55,58,72,82H,13-15,22-23,28-36,69,71H2,1-4H3,(H2,70,83)(H,73,93)(H,74,86)(H,75,89)(H,76,88)(H,77,90)(H,78,92)(H,79,87)(H,80,91)(H,84,85)(H,95,96)/t47-,48-,49-,50-,51-,52-,53-,54-,55-,58-/m0/s1. The molecule has 6 rings (SSSR count). The van der Waals surface area contributed by atoms with Crippen molar-refractivity contribution in [1.82, 2.24) is 52.4 Å². The molecule has 28 heteroatoms. The summed E-state index contributed by atoms with van der Waals surface area (Å²) in [6.45, 7) is 7.39. The number of hydrogen-bond donors (Lipinski definition) is 15. The lowest BCUT2D eigenvalue weighted by Gasteiger charge is -2.38. The number of likely N-dealkylation sites (tertiary alicyclic amines) is 1. The van der Waals surface area contributed by atoms with E-state index in [0.29, 0.717) is 52.4 Å². The van der Waals surface area contributed by atoms with E-state index in [0.717, 1.165) is 0 Å². The molecule has 10 amide bonds. The first-order valence-corrected chi connectivity index (χ1v) is 32.0. The third kappa shape index (κ3) is 22.8. The minimum atomic E-state index is -1.96. The molecule has 516 valence electrons. The smallest absolute Gasteiger partial charge is 0.326 e. The zero-order valence-corrected chi connectivity index (χ0v) is 54.2. The number of amides is 10. The number of hydrogen-bond acceptors (Lipinski definition) is 15. The van der Waals surface area contributed by atoms with Crippen molar-refractivity contribution < 1.29 is 72.9 Å². The number of phenolic OH excluding ortho intramolecular Hbond substituents is 1. The fourth-order valence-electron chi connectivity index (χ4n) is 11.1. The minimum absolute atomic E-state index is 0.0252. The highest BCUT2D eigenvalue weighted by atomic mass is 16.4. The molecule has 2 heterocycles. The van der Waals surface area contributed by atoms with Gasteiger partial charge in [0.15, 0.2) is 0 Å². The first kappa shape index (κ1) is 74.8. The number of H-pyrrole nitrogens is 1. The molecular formula is C68H89N13O15. The maximum absolute atomic E-state index is 15.2. The number of carbonyl (C=O) groups is 12. The Morgan fingerprint density at radius 3 is 1.58 bits per heavy atom. The molecule has 5 aromatic rings. The zero-order chi connectivity index (χ0) is 70.2. The van der Waals surface area contributed by atoms with E-state index in [1.807, 2.05) is 13.8 Å². The fourth-order valence-corrected chi connectivity index (χ4v) is 11.1. The average Bonchev–Trinajstić information content (AvgIpc) is 1.32. The van der Waals surface area contributed by atoms with Gasteiger partial charge in [0.2, 0.25) is 59.1 Å². The van der Waals surface area contributed by atoms with Gasteiger partial charge in [0.25, 0.3) is 0 Å². The number of carbonyl (C=O) groups excluding carboxylic acids is 10. The maximum Gasteiger partial charge on any atom is 0.326 e. The topological polar surface area (TPSA) is 459 Å². The van der Waals surface area contributed by atoms with Gasteiger partial charge in [-0.25, -0.2) is 4.79 Å². The Hall–Kier alpha value is -10.2. The van der Waals surface area contributed by atoms with Crippen LogP contribution in [0.5, 0.6) is 5.75 Å². The summed E-state index contributed by atoms with van der Waals surface area (Å²) in [4.78, 5) is 171. The van der Waals surface area contributed by atoms with Gasteiger partial charge in [0, 0.05) is 49.3 Å². The van der Waals surface area contributed by atoms with Crippen molar-refractivity contribution in [2.45, 2.75) is 165 Å². The summed E-state index contributed by atoms with van der Waals surface area (Å²) in [6, 6.07) is 15.2. The molecule has 0 aliphatic carbocycles. The van der Waals surface area contributed by atoms with Crippen molar-refractivity contribution >= 4 is 81.9 Å². The SMILES string of the molecule is CC(C)C[C@H](NC(=O)[C@H](CCCN)NC(=O)[C@@H](N)C(C)C)C(=O)N[C@@H](Cc1ccc(O)cc1)C(=O)N1CCCC[C@H]1C(=O)N[C@@H](Cc1ccccc1)C(=O)N[C@@H](Cc1ccccc1)C(=O)N[C@@H](CC(N)=O)C(=O)N[C@@H](CC(=O)O)C(=O)N[C@@H](Cc1c[nH]c2ccccc12)C(=O)O. The predicted molar refractivity (Wildman–Crippen MR) is 353 cm³/mol. The maximum atomic E-state index is 15.2. The summed E-state index contributed by atoms with van der Waals surface area (Å²) in [5.41, 5.74) is 20.2. The minimum Gasteiger partial charge on any atom is -0.508 e. The van der Waals surface area contributed by atoms with E-state index in [-0.39, 0.29) is 75.6 Å². The van der Waals surface area contributed by atoms with Crippen LogP contribution >= 0.6 is 0 Å². The molecule has 10 atom stereocenters. The number of rotatable bonds is 36. The molecule has 4 aromatic carbocycles. The second kappa shape index (κ2) is 36.4. The monoisotopic (exact) mass is 1330 g/mol. The number of nitrogens with two attached hydrogens (primary N) is 3. The highest BCUT2D eigenvalue weighted by Crippen LogP contribution is 2.23. The van der Waals surface area contributed by atoms with Crippen LogP contribution in [0.15, 0.2) is 115 Å². The van der Waals surface area contributed by atoms with E-state index >= 15 is 4.79 Å². The molecule has 1 saturated heterocycles. The Morgan fingerprint density at radius 1 is 0.542 bits per heavy atom. The van der Waals surface area contributed by atoms with Crippen LogP contribution in [-0.4, -0.2) is 170 Å². The van der Waals surface area contributed by atoms with Gasteiger partial charge in [0.05, 0.1) is 18.9 Å². The van der Waals surface area contributed by atoms with Crippen LogP contribution in [0.4, 0.5) is 0 Å². The van der Waals surface area contributed by atoms with Gasteiger partial charge < -0.3 is 84.9 Å². The molecule has 0 bridgehead atoms. The van der Waals surface area contributed by atoms with Crippen molar-refractivity contribution in [3.05, 3.63) is 138 Å². The molecular weight excluding hydrogens is 1240 g/mol. The Morgan fingerprint density at radius 2 is 1.02 bits per heavy atom. The number of benzene rings is 4. The molecule has 0 saturated carbocycles. The van der Waals surface area contributed by atoms with Gasteiger partial charge in [-0.3, -0.25) is 52.7 Å². The second-order valence-electron chi connectivity index (χ2n) is 24.8.